The Morgan fingerprint density at radius 2 is 2.30 bits per heavy atom. The first-order valence-electron chi connectivity index (χ1n) is 6.83. The van der Waals surface area contributed by atoms with Gasteiger partial charge in [-0.2, -0.15) is 4.98 Å². The van der Waals surface area contributed by atoms with Crippen molar-refractivity contribution < 1.29 is 0 Å². The second-order valence-electron chi connectivity index (χ2n) is 5.30. The molecule has 0 spiro atoms. The molecule has 1 saturated heterocycles. The normalized spacial score (nSPS) is 19.4. The molecule has 1 unspecified atom stereocenters. The molecule has 1 aliphatic heterocycles. The molecule has 0 saturated carbocycles. The molecule has 20 heavy (non-hydrogen) atoms. The predicted octanol–water partition coefficient (Wildman–Crippen LogP) is 2.36. The topological polar surface area (TPSA) is 70.8 Å². The minimum Gasteiger partial charge on any atom is -0.338 e. The fraction of sp³-hybridized carbons (Fsp3) is 0.429. The van der Waals surface area contributed by atoms with Gasteiger partial charge >= 0.3 is 0 Å². The maximum absolute atomic E-state index is 6.04. The zero-order valence-electron chi connectivity index (χ0n) is 11.4. The van der Waals surface area contributed by atoms with E-state index in [0.717, 1.165) is 53.9 Å². The number of piperidine rings is 1. The van der Waals surface area contributed by atoms with Crippen LogP contribution in [0.25, 0.3) is 11.4 Å². The second-order valence-corrected chi connectivity index (χ2v) is 5.70. The van der Waals surface area contributed by atoms with Crippen molar-refractivity contribution in [3.05, 3.63) is 28.8 Å². The highest BCUT2D eigenvalue weighted by Gasteiger charge is 2.20. The van der Waals surface area contributed by atoms with Crippen LogP contribution < -0.4 is 10.6 Å². The molecular weight excluding hydrogens is 274 g/mol. The monoisotopic (exact) mass is 291 g/mol. The Kier molecular flexibility index (Phi) is 3.63. The number of aromatic nitrogens is 3. The van der Waals surface area contributed by atoms with Gasteiger partial charge in [0.05, 0.1) is 0 Å². The molecule has 0 amide bonds. The van der Waals surface area contributed by atoms with E-state index in [1.807, 2.05) is 25.1 Å². The number of H-pyrrole nitrogens is 1. The smallest absolute Gasteiger partial charge is 0.245 e. The van der Waals surface area contributed by atoms with Gasteiger partial charge in [-0.25, -0.2) is 0 Å². The second kappa shape index (κ2) is 5.42. The van der Waals surface area contributed by atoms with Gasteiger partial charge in [0.1, 0.15) is 0 Å². The van der Waals surface area contributed by atoms with Crippen LogP contribution in [0.2, 0.25) is 5.02 Å². The Bertz CT molecular complexity index is 609. The highest BCUT2D eigenvalue weighted by atomic mass is 35.5. The van der Waals surface area contributed by atoms with Gasteiger partial charge in [0.25, 0.3) is 0 Å². The highest BCUT2D eigenvalue weighted by Crippen LogP contribution is 2.24. The van der Waals surface area contributed by atoms with Crippen LogP contribution in [0.15, 0.2) is 18.2 Å². The zero-order chi connectivity index (χ0) is 14.1. The van der Waals surface area contributed by atoms with Gasteiger partial charge in [-0.3, -0.25) is 5.10 Å². The minimum absolute atomic E-state index is 0.212. The van der Waals surface area contributed by atoms with Gasteiger partial charge in [-0.15, -0.1) is 5.10 Å². The Morgan fingerprint density at radius 3 is 3.05 bits per heavy atom. The standard InChI is InChI=1S/C14H18ClN5/c1-9-7-10(4-5-12(9)15)13-17-14(19-18-13)20-6-2-3-11(16)8-20/h4-5,7,11H,2-3,6,8,16H2,1H3,(H,17,18,19). The van der Waals surface area contributed by atoms with Gasteiger partial charge in [0, 0.05) is 29.7 Å². The summed E-state index contributed by atoms with van der Waals surface area (Å²) in [5.74, 6) is 1.49. The van der Waals surface area contributed by atoms with Crippen LogP contribution in [0.3, 0.4) is 0 Å². The molecule has 1 aromatic carbocycles. The highest BCUT2D eigenvalue weighted by molar-refractivity contribution is 6.31. The molecule has 0 aliphatic carbocycles. The van der Waals surface area contributed by atoms with Crippen molar-refractivity contribution in [2.45, 2.75) is 25.8 Å². The first-order chi connectivity index (χ1) is 9.63. The summed E-state index contributed by atoms with van der Waals surface area (Å²) in [6.45, 7) is 3.76. The van der Waals surface area contributed by atoms with Crippen LogP contribution in [0, 0.1) is 6.92 Å². The van der Waals surface area contributed by atoms with Gasteiger partial charge in [-0.05, 0) is 43.5 Å². The van der Waals surface area contributed by atoms with E-state index < -0.39 is 0 Å². The number of nitrogens with two attached hydrogens (primary N) is 1. The van der Waals surface area contributed by atoms with Gasteiger partial charge in [0.2, 0.25) is 5.95 Å². The fourth-order valence-electron chi connectivity index (χ4n) is 2.51. The molecule has 3 rings (SSSR count). The summed E-state index contributed by atoms with van der Waals surface area (Å²) in [6.07, 6.45) is 2.16. The number of benzene rings is 1. The predicted molar refractivity (Wildman–Crippen MR) is 81.0 cm³/mol. The van der Waals surface area contributed by atoms with Crippen LogP contribution in [-0.2, 0) is 0 Å². The Morgan fingerprint density at radius 1 is 1.45 bits per heavy atom. The van der Waals surface area contributed by atoms with Crippen molar-refractivity contribution in [2.24, 2.45) is 5.73 Å². The lowest BCUT2D eigenvalue weighted by atomic mass is 10.1. The average Bonchev–Trinajstić information content (AvgIpc) is 2.92. The molecule has 2 aromatic rings. The summed E-state index contributed by atoms with van der Waals surface area (Å²) < 4.78 is 0. The lowest BCUT2D eigenvalue weighted by Crippen LogP contribution is -2.43. The summed E-state index contributed by atoms with van der Waals surface area (Å²) >= 11 is 6.04. The number of hydrogen-bond acceptors (Lipinski definition) is 4. The van der Waals surface area contributed by atoms with Crippen molar-refractivity contribution in [1.29, 1.82) is 0 Å². The van der Waals surface area contributed by atoms with Crippen molar-refractivity contribution in [3.63, 3.8) is 0 Å². The molecular formula is C14H18ClN5. The number of anilines is 1. The van der Waals surface area contributed by atoms with Gasteiger partial charge in [-0.1, -0.05) is 11.6 Å². The van der Waals surface area contributed by atoms with Crippen LogP contribution in [-0.4, -0.2) is 34.3 Å². The van der Waals surface area contributed by atoms with E-state index in [4.69, 9.17) is 17.3 Å². The number of halogens is 1. The number of hydrogen-bond donors (Lipinski definition) is 2. The molecule has 1 aliphatic rings. The summed E-state index contributed by atoms with van der Waals surface area (Å²) in [4.78, 5) is 6.71. The van der Waals surface area contributed by atoms with Crippen LogP contribution in [0.1, 0.15) is 18.4 Å². The van der Waals surface area contributed by atoms with Gasteiger partial charge < -0.3 is 10.6 Å². The Labute approximate surface area is 123 Å². The van der Waals surface area contributed by atoms with E-state index in [9.17, 15) is 0 Å². The van der Waals surface area contributed by atoms with Gasteiger partial charge in [0.15, 0.2) is 5.82 Å². The number of rotatable bonds is 2. The Hall–Kier alpha value is -1.59. The summed E-state index contributed by atoms with van der Waals surface area (Å²) in [5.41, 5.74) is 8.02. The molecule has 1 fully saturated rings. The fourth-order valence-corrected chi connectivity index (χ4v) is 2.62. The largest absolute Gasteiger partial charge is 0.338 e. The number of nitrogens with one attached hydrogen (secondary N) is 1. The third-order valence-electron chi connectivity index (χ3n) is 3.65. The SMILES string of the molecule is Cc1cc(-c2nc(N3CCCC(N)C3)n[nH]2)ccc1Cl. The molecule has 1 aromatic heterocycles. The van der Waals surface area contributed by atoms with Crippen LogP contribution in [0.5, 0.6) is 0 Å². The van der Waals surface area contributed by atoms with Crippen molar-refractivity contribution >= 4 is 17.5 Å². The maximum Gasteiger partial charge on any atom is 0.245 e. The summed E-state index contributed by atoms with van der Waals surface area (Å²) in [7, 11) is 0. The van der Waals surface area contributed by atoms with Crippen LogP contribution in [0.4, 0.5) is 5.95 Å². The average molecular weight is 292 g/mol. The molecule has 0 bridgehead atoms. The van der Waals surface area contributed by atoms with Crippen molar-refractivity contribution in [2.75, 3.05) is 18.0 Å². The van der Waals surface area contributed by atoms with Crippen molar-refractivity contribution in [1.82, 2.24) is 15.2 Å². The minimum atomic E-state index is 0.212. The summed E-state index contributed by atoms with van der Waals surface area (Å²) in [6, 6.07) is 6.05. The zero-order valence-corrected chi connectivity index (χ0v) is 12.2. The number of aromatic amines is 1. The van der Waals surface area contributed by atoms with E-state index in [0.29, 0.717) is 0 Å². The van der Waals surface area contributed by atoms with E-state index >= 15 is 0 Å². The molecule has 1 atom stereocenters. The lowest BCUT2D eigenvalue weighted by molar-refractivity contribution is 0.500. The van der Waals surface area contributed by atoms with E-state index in [1.165, 1.54) is 0 Å². The lowest BCUT2D eigenvalue weighted by Gasteiger charge is -2.29. The molecule has 106 valence electrons. The molecule has 2 heterocycles. The Balaban J connectivity index is 1.84. The first-order valence-corrected chi connectivity index (χ1v) is 7.21. The molecule has 5 nitrogen and oxygen atoms in total. The first kappa shape index (κ1) is 13.4. The molecule has 0 radical (unpaired) electrons. The van der Waals surface area contributed by atoms with E-state index in [2.05, 4.69) is 20.1 Å². The van der Waals surface area contributed by atoms with Crippen LogP contribution >= 0.6 is 11.6 Å². The maximum atomic E-state index is 6.04. The van der Waals surface area contributed by atoms with E-state index in [1.54, 1.807) is 0 Å². The third kappa shape index (κ3) is 2.64. The quantitative estimate of drug-likeness (QED) is 0.891. The third-order valence-corrected chi connectivity index (χ3v) is 4.07. The number of nitrogens with zero attached hydrogens (tertiary/aromatic N) is 3. The summed E-state index contributed by atoms with van der Waals surface area (Å²) in [5, 5.41) is 8.06. The van der Waals surface area contributed by atoms with Crippen molar-refractivity contribution in [3.8, 4) is 11.4 Å². The van der Waals surface area contributed by atoms with E-state index in [-0.39, 0.29) is 6.04 Å². The number of aryl methyl sites for hydroxylation is 1. The molecule has 3 N–H and O–H groups in total. The molecule has 6 heteroatoms.